The maximum atomic E-state index is 12.8. The Morgan fingerprint density at radius 3 is 1.16 bits per heavy atom. The summed E-state index contributed by atoms with van der Waals surface area (Å²) in [5.74, 6) is -0.512. The van der Waals surface area contributed by atoms with Gasteiger partial charge in [-0.3, -0.25) is 38.5 Å². The number of hydrogen-bond acceptors (Lipinski definition) is 12. The van der Waals surface area contributed by atoms with Crippen molar-refractivity contribution < 1.29 is 57.5 Å². The Balaban J connectivity index is 1.62. The monoisotopic (exact) mass is 698 g/mol. The number of benzene rings is 3. The van der Waals surface area contributed by atoms with E-state index < -0.39 is 23.6 Å². The number of rotatable bonds is 18. The lowest BCUT2D eigenvalue weighted by Crippen LogP contribution is -2.27. The first-order valence-corrected chi connectivity index (χ1v) is 15.1. The Morgan fingerprint density at radius 1 is 0.460 bits per heavy atom. The second kappa shape index (κ2) is 18.9. The molecule has 0 saturated carbocycles. The topological polar surface area (TPSA) is 155 Å². The minimum absolute atomic E-state index is 0.0364. The van der Waals surface area contributed by atoms with E-state index in [9.17, 15) is 19.2 Å². The molecule has 50 heavy (non-hydrogen) atoms. The van der Waals surface area contributed by atoms with Crippen molar-refractivity contribution in [1.29, 1.82) is 0 Å². The molecule has 3 aromatic rings. The summed E-state index contributed by atoms with van der Waals surface area (Å²) in [5.41, 5.74) is 0.874. The van der Waals surface area contributed by atoms with Crippen LogP contribution in [0.25, 0.3) is 0 Å². The smallest absolute Gasteiger partial charge is 0.280 e. The lowest BCUT2D eigenvalue weighted by atomic mass is 10.1. The van der Waals surface area contributed by atoms with Crippen molar-refractivity contribution in [2.24, 2.45) is 0 Å². The Hall–Kier alpha value is -5.42. The van der Waals surface area contributed by atoms with Crippen LogP contribution in [0.2, 0.25) is 0 Å². The zero-order valence-electron chi connectivity index (χ0n) is 29.3. The first kappa shape index (κ1) is 39.0. The van der Waals surface area contributed by atoms with E-state index in [2.05, 4.69) is 0 Å². The molecule has 0 aromatic heterocycles. The van der Waals surface area contributed by atoms with Crippen LogP contribution in [0.3, 0.4) is 0 Å². The molecule has 0 N–H and O–H groups in total. The average molecular weight is 699 g/mol. The lowest BCUT2D eigenvalue weighted by molar-refractivity contribution is -0.0761. The van der Waals surface area contributed by atoms with E-state index in [1.54, 1.807) is 24.3 Å². The second-order valence-corrected chi connectivity index (χ2v) is 10.2. The highest BCUT2D eigenvalue weighted by Crippen LogP contribution is 2.25. The van der Waals surface area contributed by atoms with Crippen LogP contribution in [-0.4, -0.2) is 127 Å². The van der Waals surface area contributed by atoms with Gasteiger partial charge in [0.1, 0.15) is 49.4 Å². The number of hydroxylamine groups is 8. The van der Waals surface area contributed by atoms with Crippen molar-refractivity contribution in [2.45, 2.75) is 0 Å². The Morgan fingerprint density at radius 2 is 0.800 bits per heavy atom. The number of nitrogens with zero attached hydrogens (tertiary/aromatic N) is 4. The molecule has 0 fully saturated rings. The van der Waals surface area contributed by atoms with Gasteiger partial charge >= 0.3 is 0 Å². The van der Waals surface area contributed by atoms with Crippen LogP contribution in [0.4, 0.5) is 0 Å². The molecule has 16 heteroatoms. The van der Waals surface area contributed by atoms with E-state index in [0.29, 0.717) is 11.5 Å². The molecule has 0 heterocycles. The summed E-state index contributed by atoms with van der Waals surface area (Å²) in [5, 5.41) is 4.18. The Bertz CT molecular complexity index is 1520. The first-order valence-electron chi connectivity index (χ1n) is 15.1. The van der Waals surface area contributed by atoms with Crippen molar-refractivity contribution in [2.75, 3.05) is 83.1 Å². The van der Waals surface area contributed by atoms with Gasteiger partial charge in [-0.15, -0.1) is 0 Å². The number of hydrogen-bond donors (Lipinski definition) is 0. The molecule has 0 aliphatic heterocycles. The molecular formula is C34H42N4O12. The molecule has 0 atom stereocenters. The van der Waals surface area contributed by atoms with Crippen molar-refractivity contribution in [3.8, 4) is 23.0 Å². The van der Waals surface area contributed by atoms with Crippen LogP contribution in [0.15, 0.2) is 60.7 Å². The van der Waals surface area contributed by atoms with Crippen LogP contribution in [0.5, 0.6) is 23.0 Å². The highest BCUT2D eigenvalue weighted by molar-refractivity contribution is 6.00. The summed E-state index contributed by atoms with van der Waals surface area (Å²) < 4.78 is 23.4. The highest BCUT2D eigenvalue weighted by atomic mass is 16.7. The standard InChI is InChI=1S/C34H42N4O12/c1-35(43-5)31(39)23-12-14-27(33(41)37(3)45-7)29(20-23)49-18-16-47-25-10-9-11-26(22-25)48-17-19-50-30-21-24(32(40)36(2)44-6)13-15-28(30)34(42)38(4)46-8/h9-15,20-22H,16-19H2,1-8H3. The summed E-state index contributed by atoms with van der Waals surface area (Å²) in [6.07, 6.45) is 0. The van der Waals surface area contributed by atoms with Gasteiger partial charge in [-0.05, 0) is 48.5 Å². The molecule has 0 aliphatic rings. The third-order valence-electron chi connectivity index (χ3n) is 7.18. The zero-order chi connectivity index (χ0) is 36.8. The summed E-state index contributed by atoms with van der Waals surface area (Å²) in [6.45, 7) is 0.260. The number of carbonyl (C=O) groups is 4. The van der Waals surface area contributed by atoms with E-state index in [1.165, 1.54) is 93.0 Å². The molecule has 3 rings (SSSR count). The minimum Gasteiger partial charge on any atom is -0.490 e. The second-order valence-electron chi connectivity index (χ2n) is 10.2. The number of ether oxygens (including phenoxy) is 4. The molecule has 16 nitrogen and oxygen atoms in total. The molecule has 0 aliphatic carbocycles. The molecular weight excluding hydrogens is 656 g/mol. The van der Waals surface area contributed by atoms with E-state index in [1.807, 2.05) is 0 Å². The molecule has 0 bridgehead atoms. The summed E-state index contributed by atoms with van der Waals surface area (Å²) in [4.78, 5) is 70.8. The molecule has 0 spiro atoms. The Kier molecular flexibility index (Phi) is 14.8. The summed E-state index contributed by atoms with van der Waals surface area (Å²) in [7, 11) is 11.3. The maximum absolute atomic E-state index is 12.8. The fraction of sp³-hybridized carbons (Fsp3) is 0.353. The SMILES string of the molecule is CON(C)C(=O)c1ccc(C(=O)N(C)OC)c(OCCOc2cccc(OCCOc3cc(C(=O)N(C)OC)ccc3C(=O)N(C)OC)c2)c1. The molecule has 0 radical (unpaired) electrons. The zero-order valence-corrected chi connectivity index (χ0v) is 29.3. The van der Waals surface area contributed by atoms with Gasteiger partial charge in [0.2, 0.25) is 0 Å². The van der Waals surface area contributed by atoms with E-state index in [4.69, 9.17) is 38.3 Å². The van der Waals surface area contributed by atoms with Crippen LogP contribution >= 0.6 is 0 Å². The van der Waals surface area contributed by atoms with Gasteiger partial charge in [-0.1, -0.05) is 6.07 Å². The molecule has 0 saturated heterocycles. The largest absolute Gasteiger partial charge is 0.490 e. The summed E-state index contributed by atoms with van der Waals surface area (Å²) >= 11 is 0. The van der Waals surface area contributed by atoms with Crippen molar-refractivity contribution in [3.63, 3.8) is 0 Å². The van der Waals surface area contributed by atoms with E-state index in [0.717, 1.165) is 20.3 Å². The molecule has 0 unspecified atom stereocenters. The predicted octanol–water partition coefficient (Wildman–Crippen LogP) is 3.14. The summed E-state index contributed by atoms with van der Waals surface area (Å²) in [6, 6.07) is 15.7. The fourth-order valence-electron chi connectivity index (χ4n) is 4.21. The van der Waals surface area contributed by atoms with Crippen molar-refractivity contribution in [3.05, 3.63) is 82.9 Å². The van der Waals surface area contributed by atoms with Gasteiger partial charge in [0, 0.05) is 45.4 Å². The van der Waals surface area contributed by atoms with Crippen LogP contribution in [-0.2, 0) is 19.4 Å². The first-order chi connectivity index (χ1) is 23.9. The number of amides is 4. The number of carbonyl (C=O) groups excluding carboxylic acids is 4. The normalized spacial score (nSPS) is 10.6. The minimum atomic E-state index is -0.471. The van der Waals surface area contributed by atoms with Gasteiger partial charge in [-0.2, -0.15) is 0 Å². The third-order valence-corrected chi connectivity index (χ3v) is 7.18. The van der Waals surface area contributed by atoms with Crippen molar-refractivity contribution in [1.82, 2.24) is 20.3 Å². The third kappa shape index (κ3) is 10.3. The molecule has 270 valence electrons. The lowest BCUT2D eigenvalue weighted by Gasteiger charge is -2.19. The molecule has 3 aromatic carbocycles. The fourth-order valence-corrected chi connectivity index (χ4v) is 4.21. The van der Waals surface area contributed by atoms with E-state index >= 15 is 0 Å². The average Bonchev–Trinajstić information content (AvgIpc) is 3.15. The quantitative estimate of drug-likeness (QED) is 0.142. The van der Waals surface area contributed by atoms with Gasteiger partial charge in [0.05, 0.1) is 39.6 Å². The predicted molar refractivity (Wildman–Crippen MR) is 178 cm³/mol. The highest BCUT2D eigenvalue weighted by Gasteiger charge is 2.22. The van der Waals surface area contributed by atoms with Gasteiger partial charge in [0.15, 0.2) is 0 Å². The van der Waals surface area contributed by atoms with Gasteiger partial charge < -0.3 is 18.9 Å². The Labute approximate surface area is 290 Å². The van der Waals surface area contributed by atoms with Crippen LogP contribution < -0.4 is 18.9 Å². The van der Waals surface area contributed by atoms with Gasteiger partial charge in [0.25, 0.3) is 23.6 Å². The van der Waals surface area contributed by atoms with Crippen LogP contribution in [0.1, 0.15) is 41.4 Å². The van der Waals surface area contributed by atoms with Gasteiger partial charge in [-0.25, -0.2) is 20.3 Å². The van der Waals surface area contributed by atoms with E-state index in [-0.39, 0.29) is 60.2 Å². The molecule has 4 amide bonds. The maximum Gasteiger partial charge on any atom is 0.280 e. The van der Waals surface area contributed by atoms with Crippen LogP contribution in [0, 0.1) is 0 Å². The van der Waals surface area contributed by atoms with Crippen molar-refractivity contribution >= 4 is 23.6 Å².